The van der Waals surface area contributed by atoms with Gasteiger partial charge < -0.3 is 5.73 Å². The number of hydrogen-bond donors (Lipinski definition) is 1. The average Bonchev–Trinajstić information content (AvgIpc) is 3.36. The van der Waals surface area contributed by atoms with Crippen molar-refractivity contribution in [3.8, 4) is 10.7 Å². The molecule has 0 spiro atoms. The second-order valence-corrected chi connectivity index (χ2v) is 9.31. The van der Waals surface area contributed by atoms with Gasteiger partial charge in [0.15, 0.2) is 11.0 Å². The van der Waals surface area contributed by atoms with E-state index >= 15 is 0 Å². The minimum absolute atomic E-state index is 0.266. The number of aromatic nitrogens is 3. The largest absolute Gasteiger partial charge is 0.370 e. The van der Waals surface area contributed by atoms with Crippen LogP contribution in [0.25, 0.3) is 10.7 Å². The molecule has 2 aromatic heterocycles. The van der Waals surface area contributed by atoms with Crippen molar-refractivity contribution in [1.29, 1.82) is 0 Å². The van der Waals surface area contributed by atoms with Crippen molar-refractivity contribution in [2.75, 3.05) is 5.75 Å². The fourth-order valence-electron chi connectivity index (χ4n) is 4.64. The highest BCUT2D eigenvalue weighted by molar-refractivity contribution is 7.99. The smallest absolute Gasteiger partial charge is 0.218 e. The first-order valence-corrected chi connectivity index (χ1v) is 10.9. The van der Waals surface area contributed by atoms with Crippen LogP contribution in [0.2, 0.25) is 0 Å². The zero-order valence-corrected chi connectivity index (χ0v) is 16.1. The Bertz CT molecular complexity index is 742. The molecule has 1 amide bonds. The highest BCUT2D eigenvalue weighted by Crippen LogP contribution is 2.53. The lowest BCUT2D eigenvalue weighted by Gasteiger charge is -2.30. The van der Waals surface area contributed by atoms with E-state index in [4.69, 9.17) is 5.73 Å². The van der Waals surface area contributed by atoms with Gasteiger partial charge in [-0.1, -0.05) is 24.2 Å². The van der Waals surface area contributed by atoms with Crippen LogP contribution in [0.5, 0.6) is 0 Å². The molecular formula is C18H24N4OS2. The van der Waals surface area contributed by atoms with Crippen LogP contribution in [0.15, 0.2) is 22.7 Å². The number of thioether (sulfide) groups is 1. The monoisotopic (exact) mass is 376 g/mol. The van der Waals surface area contributed by atoms with Crippen LogP contribution in [-0.4, -0.2) is 26.4 Å². The molecular weight excluding hydrogens is 352 g/mol. The molecule has 2 aliphatic carbocycles. The van der Waals surface area contributed by atoms with E-state index in [1.807, 2.05) is 0 Å². The Balaban J connectivity index is 1.62. The van der Waals surface area contributed by atoms with E-state index in [2.05, 4.69) is 39.2 Å². The molecule has 5 nitrogen and oxygen atoms in total. The van der Waals surface area contributed by atoms with Gasteiger partial charge in [-0.2, -0.15) is 0 Å². The minimum Gasteiger partial charge on any atom is -0.370 e. The van der Waals surface area contributed by atoms with E-state index in [0.29, 0.717) is 24.1 Å². The molecule has 2 heterocycles. The molecule has 2 saturated carbocycles. The summed E-state index contributed by atoms with van der Waals surface area (Å²) in [7, 11) is 0. The van der Waals surface area contributed by atoms with Crippen LogP contribution in [0.1, 0.15) is 45.1 Å². The second kappa shape index (κ2) is 7.11. The van der Waals surface area contributed by atoms with Crippen molar-refractivity contribution < 1.29 is 4.79 Å². The van der Waals surface area contributed by atoms with Gasteiger partial charge in [0.1, 0.15) is 0 Å². The van der Waals surface area contributed by atoms with Crippen LogP contribution in [0.3, 0.4) is 0 Å². The molecule has 4 unspecified atom stereocenters. The number of thiophene rings is 1. The van der Waals surface area contributed by atoms with Crippen molar-refractivity contribution in [2.24, 2.45) is 23.5 Å². The summed E-state index contributed by atoms with van der Waals surface area (Å²) in [5.74, 6) is 3.84. The summed E-state index contributed by atoms with van der Waals surface area (Å²) in [4.78, 5) is 12.2. The molecule has 0 aromatic carbocycles. The van der Waals surface area contributed by atoms with Crippen LogP contribution < -0.4 is 5.73 Å². The average molecular weight is 377 g/mol. The number of nitrogens with two attached hydrogens (primary N) is 1. The Labute approximate surface area is 156 Å². The van der Waals surface area contributed by atoms with Gasteiger partial charge in [0.25, 0.3) is 0 Å². The molecule has 2 N–H and O–H groups in total. The molecule has 0 saturated heterocycles. The lowest BCUT2D eigenvalue weighted by atomic mass is 9.84. The van der Waals surface area contributed by atoms with E-state index in [1.54, 1.807) is 23.1 Å². The predicted octanol–water partition coefficient (Wildman–Crippen LogP) is 3.97. The van der Waals surface area contributed by atoms with Gasteiger partial charge in [-0.25, -0.2) is 0 Å². The quantitative estimate of drug-likeness (QED) is 0.742. The zero-order chi connectivity index (χ0) is 17.4. The lowest BCUT2D eigenvalue weighted by molar-refractivity contribution is -0.117. The molecule has 0 radical (unpaired) electrons. The van der Waals surface area contributed by atoms with Crippen molar-refractivity contribution in [3.63, 3.8) is 0 Å². The third kappa shape index (κ3) is 3.36. The van der Waals surface area contributed by atoms with Gasteiger partial charge in [0.05, 0.1) is 4.88 Å². The summed E-state index contributed by atoms with van der Waals surface area (Å²) < 4.78 is 2.32. The molecule has 2 aromatic rings. The Kier molecular flexibility index (Phi) is 4.86. The van der Waals surface area contributed by atoms with Gasteiger partial charge in [-0.3, -0.25) is 9.36 Å². The maximum atomic E-state index is 11.1. The fraction of sp³-hybridized carbons (Fsp3) is 0.611. The summed E-state index contributed by atoms with van der Waals surface area (Å²) in [5, 5.41) is 11.9. The van der Waals surface area contributed by atoms with Gasteiger partial charge in [-0.15, -0.1) is 21.5 Å². The summed E-state index contributed by atoms with van der Waals surface area (Å²) >= 11 is 3.29. The molecule has 25 heavy (non-hydrogen) atoms. The third-order valence-corrected chi connectivity index (χ3v) is 7.62. The second-order valence-electron chi connectivity index (χ2n) is 7.30. The van der Waals surface area contributed by atoms with Gasteiger partial charge in [-0.05, 0) is 55.4 Å². The van der Waals surface area contributed by atoms with E-state index in [-0.39, 0.29) is 5.91 Å². The highest BCUT2D eigenvalue weighted by atomic mass is 32.2. The van der Waals surface area contributed by atoms with Crippen molar-refractivity contribution in [1.82, 2.24) is 14.8 Å². The topological polar surface area (TPSA) is 73.8 Å². The van der Waals surface area contributed by atoms with Gasteiger partial charge in [0, 0.05) is 18.2 Å². The lowest BCUT2D eigenvalue weighted by Crippen LogP contribution is -2.23. The Morgan fingerprint density at radius 3 is 2.96 bits per heavy atom. The van der Waals surface area contributed by atoms with Crippen LogP contribution in [-0.2, 0) is 4.79 Å². The number of nitrogens with zero attached hydrogens (tertiary/aromatic N) is 3. The Morgan fingerprint density at radius 2 is 2.32 bits per heavy atom. The number of fused-ring (bicyclic) bond motifs is 2. The summed E-state index contributed by atoms with van der Waals surface area (Å²) in [6.45, 7) is 2.32. The number of rotatable bonds is 7. The number of hydrogen-bond acceptors (Lipinski definition) is 5. The summed E-state index contributed by atoms with van der Waals surface area (Å²) in [6, 6.07) is 4.55. The maximum absolute atomic E-state index is 11.1. The number of carbonyl (C=O) groups excluding carboxylic acids is 1. The van der Waals surface area contributed by atoms with Crippen LogP contribution >= 0.6 is 23.1 Å². The molecule has 2 bridgehead atoms. The Hall–Kier alpha value is -1.34. The van der Waals surface area contributed by atoms with Crippen LogP contribution in [0.4, 0.5) is 0 Å². The fourth-order valence-corrected chi connectivity index (χ4v) is 6.32. The first-order chi connectivity index (χ1) is 12.1. The predicted molar refractivity (Wildman–Crippen MR) is 102 cm³/mol. The SMILES string of the molecule is CC(C1CC2CCC1C2)n1c(SCCC(N)=O)nnc1-c1cccs1. The normalized spacial score (nSPS) is 26.2. The minimum atomic E-state index is -0.266. The highest BCUT2D eigenvalue weighted by Gasteiger charge is 2.43. The summed E-state index contributed by atoms with van der Waals surface area (Å²) in [6.07, 6.45) is 5.89. The maximum Gasteiger partial charge on any atom is 0.218 e. The zero-order valence-electron chi connectivity index (χ0n) is 14.4. The molecule has 7 heteroatoms. The van der Waals surface area contributed by atoms with E-state index in [9.17, 15) is 4.79 Å². The first-order valence-electron chi connectivity index (χ1n) is 9.03. The molecule has 2 fully saturated rings. The van der Waals surface area contributed by atoms with Crippen LogP contribution in [0, 0.1) is 17.8 Å². The molecule has 2 aliphatic rings. The van der Waals surface area contributed by atoms with E-state index < -0.39 is 0 Å². The van der Waals surface area contributed by atoms with Gasteiger partial charge in [0.2, 0.25) is 5.91 Å². The van der Waals surface area contributed by atoms with Crippen molar-refractivity contribution >= 4 is 29.0 Å². The third-order valence-electron chi connectivity index (χ3n) is 5.81. The number of amides is 1. The van der Waals surface area contributed by atoms with E-state index in [1.165, 1.54) is 25.7 Å². The standard InChI is InChI=1S/C18H24N4OS2/c1-11(14-10-12-4-5-13(14)9-12)22-17(15-3-2-7-24-15)20-21-18(22)25-8-6-16(19)23/h2-3,7,11-14H,4-6,8-10H2,1H3,(H2,19,23). The van der Waals surface area contributed by atoms with Crippen molar-refractivity contribution in [3.05, 3.63) is 17.5 Å². The molecule has 4 atom stereocenters. The molecule has 134 valence electrons. The van der Waals surface area contributed by atoms with E-state index in [0.717, 1.165) is 27.7 Å². The van der Waals surface area contributed by atoms with Gasteiger partial charge >= 0.3 is 0 Å². The number of carbonyl (C=O) groups is 1. The van der Waals surface area contributed by atoms with Crippen molar-refractivity contribution in [2.45, 2.75) is 50.2 Å². The molecule has 0 aliphatic heterocycles. The first kappa shape index (κ1) is 17.1. The number of primary amides is 1. The Morgan fingerprint density at radius 1 is 1.44 bits per heavy atom. The summed E-state index contributed by atoms with van der Waals surface area (Å²) in [5.41, 5.74) is 5.28. The molecule has 4 rings (SSSR count).